The van der Waals surface area contributed by atoms with Crippen molar-refractivity contribution < 1.29 is 18.9 Å². The summed E-state index contributed by atoms with van der Waals surface area (Å²) in [4.78, 5) is 40.6. The second-order valence-electron chi connectivity index (χ2n) is 4.90. The molecule has 9 nitrogen and oxygen atoms in total. The van der Waals surface area contributed by atoms with Gasteiger partial charge < -0.3 is 9.73 Å². The van der Waals surface area contributed by atoms with Crippen LogP contribution >= 0.6 is 11.8 Å². The van der Waals surface area contributed by atoms with Gasteiger partial charge in [-0.2, -0.15) is 4.99 Å². The molecule has 26 heavy (non-hydrogen) atoms. The van der Waals surface area contributed by atoms with Crippen LogP contribution in [0.5, 0.6) is 0 Å². The van der Waals surface area contributed by atoms with Crippen molar-refractivity contribution >= 4 is 47.3 Å². The van der Waals surface area contributed by atoms with Crippen LogP contribution in [-0.2, 0) is 4.79 Å². The van der Waals surface area contributed by atoms with Gasteiger partial charge in [0.25, 0.3) is 11.6 Å². The number of nitro benzene ring substituents is 1. The Hall–Kier alpha value is -3.53. The molecule has 1 aliphatic heterocycles. The van der Waals surface area contributed by atoms with Crippen molar-refractivity contribution in [3.8, 4) is 11.3 Å². The Morgan fingerprint density at radius 1 is 1.31 bits per heavy atom. The number of amidine groups is 1. The van der Waals surface area contributed by atoms with Crippen LogP contribution < -0.4 is 5.32 Å². The molecule has 2 heterocycles. The Morgan fingerprint density at radius 3 is 2.81 bits per heavy atom. The van der Waals surface area contributed by atoms with Crippen molar-refractivity contribution in [1.29, 1.82) is 0 Å². The van der Waals surface area contributed by atoms with E-state index in [4.69, 9.17) is 4.42 Å². The summed E-state index contributed by atoms with van der Waals surface area (Å²) in [5.41, 5.74) is 0.245. The van der Waals surface area contributed by atoms with Crippen molar-refractivity contribution in [3.63, 3.8) is 0 Å². The summed E-state index contributed by atoms with van der Waals surface area (Å²) in [5.74, 6) is 0.173. The van der Waals surface area contributed by atoms with E-state index >= 15 is 0 Å². The fourth-order valence-electron chi connectivity index (χ4n) is 2.15. The van der Waals surface area contributed by atoms with Crippen molar-refractivity contribution in [1.82, 2.24) is 5.32 Å². The molecule has 0 spiro atoms. The predicted octanol–water partition coefficient (Wildman–Crippen LogP) is 3.24. The fraction of sp³-hybridized carbons (Fsp3) is 0. The number of urea groups is 1. The lowest BCUT2D eigenvalue weighted by molar-refractivity contribution is -0.384. The molecule has 1 N–H and O–H groups in total. The minimum absolute atomic E-state index is 0.0844. The number of aliphatic imine (C=N–C) groups is 2. The quantitative estimate of drug-likeness (QED) is 0.382. The van der Waals surface area contributed by atoms with Crippen LogP contribution in [0.1, 0.15) is 5.76 Å². The number of carbonyl (C=O) groups is 2. The number of hydrogen-bond donors (Lipinski definition) is 1. The number of rotatable bonds is 3. The summed E-state index contributed by atoms with van der Waals surface area (Å²) in [7, 11) is 0. The molecule has 0 radical (unpaired) electrons. The van der Waals surface area contributed by atoms with Gasteiger partial charge in [-0.3, -0.25) is 14.9 Å². The summed E-state index contributed by atoms with van der Waals surface area (Å²) >= 11 is 0.944. The Morgan fingerprint density at radius 2 is 2.08 bits per heavy atom. The number of nitrogens with zero attached hydrogens (tertiary/aromatic N) is 3. The molecule has 0 saturated carbocycles. The Balaban J connectivity index is 1.88. The smallest absolute Gasteiger partial charge is 0.368 e. The van der Waals surface area contributed by atoms with Crippen molar-refractivity contribution in [3.05, 3.63) is 57.2 Å². The van der Waals surface area contributed by atoms with Gasteiger partial charge in [0, 0.05) is 12.1 Å². The molecule has 10 heteroatoms. The molecule has 3 rings (SSSR count). The molecule has 0 atom stereocenters. The van der Waals surface area contributed by atoms with Crippen molar-refractivity contribution in [2.75, 3.05) is 0 Å². The van der Waals surface area contributed by atoms with Gasteiger partial charge in [0.1, 0.15) is 11.5 Å². The van der Waals surface area contributed by atoms with Gasteiger partial charge in [-0.1, -0.05) is 12.1 Å². The number of furan rings is 1. The zero-order valence-electron chi connectivity index (χ0n) is 13.0. The Labute approximate surface area is 150 Å². The monoisotopic (exact) mass is 370 g/mol. The molecule has 1 saturated heterocycles. The van der Waals surface area contributed by atoms with E-state index in [2.05, 4.69) is 22.0 Å². The van der Waals surface area contributed by atoms with Crippen LogP contribution in [0.25, 0.3) is 17.4 Å². The van der Waals surface area contributed by atoms with Crippen molar-refractivity contribution in [2.45, 2.75) is 0 Å². The van der Waals surface area contributed by atoms with E-state index in [0.717, 1.165) is 11.8 Å². The summed E-state index contributed by atoms with van der Waals surface area (Å²) in [6, 6.07) is 8.52. The summed E-state index contributed by atoms with van der Waals surface area (Å²) in [6.45, 7) is 3.05. The SMILES string of the molecule is C=NC(=O)N=C1NC(=O)/C(=C/c2ccc(-c3ccccc3[N+](=O)[O-])o2)S1. The van der Waals surface area contributed by atoms with Gasteiger partial charge in [0.05, 0.1) is 15.4 Å². The molecule has 130 valence electrons. The number of nitro groups is 1. The molecular weight excluding hydrogens is 360 g/mol. The number of hydrogen-bond acceptors (Lipinski definition) is 6. The second-order valence-corrected chi connectivity index (χ2v) is 5.93. The van der Waals surface area contributed by atoms with Crippen LogP contribution in [0.3, 0.4) is 0 Å². The number of benzene rings is 1. The maximum Gasteiger partial charge on any atom is 0.368 e. The molecule has 0 bridgehead atoms. The van der Waals surface area contributed by atoms with Gasteiger partial charge in [0.15, 0.2) is 5.17 Å². The fourth-order valence-corrected chi connectivity index (χ4v) is 2.94. The maximum atomic E-state index is 11.9. The van der Waals surface area contributed by atoms with Gasteiger partial charge in [0.2, 0.25) is 0 Å². The van der Waals surface area contributed by atoms with E-state index in [-0.39, 0.29) is 15.8 Å². The van der Waals surface area contributed by atoms with E-state index in [1.807, 2.05) is 0 Å². The number of para-hydroxylation sites is 1. The predicted molar refractivity (Wildman–Crippen MR) is 96.9 cm³/mol. The average molecular weight is 370 g/mol. The molecule has 0 unspecified atom stereocenters. The Kier molecular flexibility index (Phi) is 4.76. The van der Waals surface area contributed by atoms with Crippen molar-refractivity contribution in [2.24, 2.45) is 9.98 Å². The van der Waals surface area contributed by atoms with E-state index in [0.29, 0.717) is 17.1 Å². The standard InChI is InChI=1S/C16H10N4O5S/c1-17-15(22)19-16-18-14(21)13(26-16)8-9-6-7-12(25-9)10-4-2-3-5-11(10)20(23)24/h2-8H,1H2,(H,18,19,21,22)/b13-8-. The van der Waals surface area contributed by atoms with E-state index in [1.54, 1.807) is 30.3 Å². The first-order valence-electron chi connectivity index (χ1n) is 7.12. The van der Waals surface area contributed by atoms with Crippen LogP contribution in [0.15, 0.2) is 55.7 Å². The number of carbonyl (C=O) groups excluding carboxylic acids is 2. The van der Waals surface area contributed by atoms with Gasteiger partial charge >= 0.3 is 6.03 Å². The van der Waals surface area contributed by atoms with E-state index in [1.165, 1.54) is 12.1 Å². The van der Waals surface area contributed by atoms with E-state index in [9.17, 15) is 19.7 Å². The largest absolute Gasteiger partial charge is 0.456 e. The third-order valence-corrected chi connectivity index (χ3v) is 4.16. The third kappa shape index (κ3) is 3.59. The lowest BCUT2D eigenvalue weighted by Crippen LogP contribution is -2.20. The first kappa shape index (κ1) is 17.3. The first-order valence-corrected chi connectivity index (χ1v) is 7.93. The van der Waals surface area contributed by atoms with Crippen LogP contribution in [-0.4, -0.2) is 28.7 Å². The highest BCUT2D eigenvalue weighted by Gasteiger charge is 2.25. The molecular formula is C16H10N4O5S. The number of thioether (sulfide) groups is 1. The maximum absolute atomic E-state index is 11.9. The number of nitrogens with one attached hydrogen (secondary N) is 1. The zero-order valence-corrected chi connectivity index (χ0v) is 13.9. The summed E-state index contributed by atoms with van der Waals surface area (Å²) < 4.78 is 5.60. The average Bonchev–Trinajstić information content (AvgIpc) is 3.22. The highest BCUT2D eigenvalue weighted by molar-refractivity contribution is 8.18. The van der Waals surface area contributed by atoms with E-state index < -0.39 is 16.9 Å². The lowest BCUT2D eigenvalue weighted by Gasteiger charge is -1.98. The minimum atomic E-state index is -0.814. The van der Waals surface area contributed by atoms with Gasteiger partial charge in [-0.05, 0) is 36.7 Å². The van der Waals surface area contributed by atoms with Crippen LogP contribution in [0.2, 0.25) is 0 Å². The zero-order chi connectivity index (χ0) is 18.7. The molecule has 1 aliphatic rings. The van der Waals surface area contributed by atoms with Crippen LogP contribution in [0, 0.1) is 10.1 Å². The topological polar surface area (TPSA) is 127 Å². The minimum Gasteiger partial charge on any atom is -0.456 e. The first-order chi connectivity index (χ1) is 12.5. The number of amides is 3. The second kappa shape index (κ2) is 7.15. The molecule has 0 aliphatic carbocycles. The van der Waals surface area contributed by atoms with Gasteiger partial charge in [-0.15, -0.1) is 0 Å². The highest BCUT2D eigenvalue weighted by atomic mass is 32.2. The van der Waals surface area contributed by atoms with Crippen LogP contribution in [0.4, 0.5) is 10.5 Å². The third-order valence-electron chi connectivity index (χ3n) is 3.25. The van der Waals surface area contributed by atoms with Gasteiger partial charge in [-0.25, -0.2) is 9.79 Å². The summed E-state index contributed by atoms with van der Waals surface area (Å²) in [6.07, 6.45) is 1.45. The molecule has 1 aromatic carbocycles. The molecule has 2 aromatic rings. The molecule has 1 aromatic heterocycles. The molecule has 1 fully saturated rings. The Bertz CT molecular complexity index is 992. The summed E-state index contributed by atoms with van der Waals surface area (Å²) in [5, 5.41) is 13.6. The lowest BCUT2D eigenvalue weighted by atomic mass is 10.1. The normalized spacial score (nSPS) is 16.7. The molecule has 3 amide bonds. The highest BCUT2D eigenvalue weighted by Crippen LogP contribution is 2.32.